The number of carbonyl (C=O) groups excluding carboxylic acids is 3. The first kappa shape index (κ1) is 79.4. The highest BCUT2D eigenvalue weighted by Gasteiger charge is 2.19. The summed E-state index contributed by atoms with van der Waals surface area (Å²) in [4.78, 5) is 38.5. The minimum Gasteiger partial charge on any atom is -0.462 e. The van der Waals surface area contributed by atoms with Gasteiger partial charge in [-0.3, -0.25) is 14.4 Å². The molecule has 0 aromatic heterocycles. The van der Waals surface area contributed by atoms with Crippen molar-refractivity contribution in [1.82, 2.24) is 0 Å². The average molecular weight is 1150 g/mol. The molecule has 0 aliphatic heterocycles. The summed E-state index contributed by atoms with van der Waals surface area (Å²) >= 11 is 0. The van der Waals surface area contributed by atoms with Gasteiger partial charge >= 0.3 is 17.9 Å². The third kappa shape index (κ3) is 68.2. The van der Waals surface area contributed by atoms with Crippen LogP contribution in [0.2, 0.25) is 0 Å². The molecule has 0 amide bonds. The molecular weight excluding hydrogens is 1010 g/mol. The predicted octanol–water partition coefficient (Wildman–Crippen LogP) is 25.3. The predicted molar refractivity (Wildman–Crippen MR) is 358 cm³/mol. The summed E-state index contributed by atoms with van der Waals surface area (Å²) in [5.74, 6) is -0.857. The normalized spacial score (nSPS) is 12.3. The lowest BCUT2D eigenvalue weighted by molar-refractivity contribution is -0.167. The summed E-state index contributed by atoms with van der Waals surface area (Å²) in [7, 11) is 0. The van der Waals surface area contributed by atoms with Gasteiger partial charge < -0.3 is 14.2 Å². The largest absolute Gasteiger partial charge is 0.462 e. The molecule has 0 aliphatic rings. The number of carbonyl (C=O) groups is 3. The van der Waals surface area contributed by atoms with Crippen LogP contribution in [0, 0.1) is 0 Å². The number of esters is 3. The van der Waals surface area contributed by atoms with Crippen LogP contribution >= 0.6 is 0 Å². The van der Waals surface area contributed by atoms with Gasteiger partial charge in [0.05, 0.1) is 0 Å². The molecular formula is C76H140O6. The third-order valence-electron chi connectivity index (χ3n) is 16.6. The number of hydrogen-bond donors (Lipinski definition) is 0. The Balaban J connectivity index is 4.23. The van der Waals surface area contributed by atoms with Crippen LogP contribution in [0.1, 0.15) is 400 Å². The van der Waals surface area contributed by atoms with Gasteiger partial charge in [-0.2, -0.15) is 0 Å². The summed E-state index contributed by atoms with van der Waals surface area (Å²) in [6.45, 7) is 6.67. The molecule has 0 fully saturated rings. The highest BCUT2D eigenvalue weighted by atomic mass is 16.6. The Morgan fingerprint density at radius 2 is 0.439 bits per heavy atom. The van der Waals surface area contributed by atoms with Crippen LogP contribution in [0.3, 0.4) is 0 Å². The van der Waals surface area contributed by atoms with Crippen molar-refractivity contribution in [3.05, 3.63) is 48.6 Å². The number of rotatable bonds is 68. The Bertz CT molecular complexity index is 1410. The van der Waals surface area contributed by atoms with Gasteiger partial charge in [0.25, 0.3) is 0 Å². The first-order valence-corrected chi connectivity index (χ1v) is 36.6. The van der Waals surface area contributed by atoms with E-state index < -0.39 is 6.10 Å². The van der Waals surface area contributed by atoms with E-state index in [4.69, 9.17) is 14.2 Å². The van der Waals surface area contributed by atoms with Crippen LogP contribution in [-0.4, -0.2) is 37.2 Å². The summed E-state index contributed by atoms with van der Waals surface area (Å²) in [5.41, 5.74) is 0. The van der Waals surface area contributed by atoms with E-state index >= 15 is 0 Å². The Kier molecular flexibility index (Phi) is 68.6. The molecule has 0 saturated carbocycles. The van der Waals surface area contributed by atoms with Crippen molar-refractivity contribution < 1.29 is 28.6 Å². The van der Waals surface area contributed by atoms with Crippen molar-refractivity contribution in [1.29, 1.82) is 0 Å². The third-order valence-corrected chi connectivity index (χ3v) is 16.6. The Morgan fingerprint density at radius 1 is 0.244 bits per heavy atom. The van der Waals surface area contributed by atoms with E-state index in [0.29, 0.717) is 19.3 Å². The van der Waals surface area contributed by atoms with E-state index in [9.17, 15) is 14.4 Å². The molecule has 480 valence electrons. The molecule has 0 radical (unpaired) electrons. The smallest absolute Gasteiger partial charge is 0.306 e. The minimum atomic E-state index is -0.777. The van der Waals surface area contributed by atoms with Crippen molar-refractivity contribution in [3.63, 3.8) is 0 Å². The fourth-order valence-corrected chi connectivity index (χ4v) is 11.0. The maximum Gasteiger partial charge on any atom is 0.306 e. The minimum absolute atomic E-state index is 0.0723. The molecule has 0 spiro atoms. The van der Waals surface area contributed by atoms with Gasteiger partial charge in [0.1, 0.15) is 13.2 Å². The number of allylic oxidation sites excluding steroid dienone is 8. The van der Waals surface area contributed by atoms with E-state index in [0.717, 1.165) is 83.5 Å². The fraction of sp³-hybridized carbons (Fsp3) is 0.855. The molecule has 0 bridgehead atoms. The van der Waals surface area contributed by atoms with Crippen molar-refractivity contribution >= 4 is 17.9 Å². The van der Waals surface area contributed by atoms with Crippen LogP contribution < -0.4 is 0 Å². The fourth-order valence-electron chi connectivity index (χ4n) is 11.0. The number of ether oxygens (including phenoxy) is 3. The molecule has 1 unspecified atom stereocenters. The molecule has 0 aromatic rings. The van der Waals surface area contributed by atoms with Gasteiger partial charge in [-0.15, -0.1) is 0 Å². The molecule has 0 rings (SSSR count). The monoisotopic (exact) mass is 1150 g/mol. The zero-order chi connectivity index (χ0) is 59.2. The van der Waals surface area contributed by atoms with E-state index in [1.165, 1.54) is 276 Å². The summed E-state index contributed by atoms with van der Waals surface area (Å²) in [6.07, 6.45) is 90.0. The Morgan fingerprint density at radius 3 is 0.695 bits per heavy atom. The molecule has 6 nitrogen and oxygen atoms in total. The van der Waals surface area contributed by atoms with E-state index in [1.54, 1.807) is 0 Å². The van der Waals surface area contributed by atoms with Gasteiger partial charge in [-0.25, -0.2) is 0 Å². The lowest BCUT2D eigenvalue weighted by atomic mass is 10.0. The molecule has 82 heavy (non-hydrogen) atoms. The zero-order valence-electron chi connectivity index (χ0n) is 55.3. The molecule has 0 heterocycles. The summed E-state index contributed by atoms with van der Waals surface area (Å²) in [5, 5.41) is 0. The second kappa shape index (κ2) is 70.9. The maximum atomic E-state index is 13.0. The Hall–Kier alpha value is -2.63. The van der Waals surface area contributed by atoms with Gasteiger partial charge in [0.2, 0.25) is 0 Å². The van der Waals surface area contributed by atoms with Crippen molar-refractivity contribution in [3.8, 4) is 0 Å². The first-order chi connectivity index (χ1) is 40.5. The zero-order valence-corrected chi connectivity index (χ0v) is 55.3. The second-order valence-electron chi connectivity index (χ2n) is 24.9. The molecule has 0 aromatic carbocycles. The van der Waals surface area contributed by atoms with Crippen LogP contribution in [0.4, 0.5) is 0 Å². The summed E-state index contributed by atoms with van der Waals surface area (Å²) < 4.78 is 17.0. The maximum absolute atomic E-state index is 13.0. The molecule has 0 saturated heterocycles. The topological polar surface area (TPSA) is 78.9 Å². The quantitative estimate of drug-likeness (QED) is 0.0261. The van der Waals surface area contributed by atoms with Crippen molar-refractivity contribution in [2.75, 3.05) is 13.2 Å². The van der Waals surface area contributed by atoms with Crippen LogP contribution in [-0.2, 0) is 28.6 Å². The molecule has 6 heteroatoms. The molecule has 1 atom stereocenters. The van der Waals surface area contributed by atoms with E-state index in [1.807, 2.05) is 0 Å². The standard InChI is InChI=1S/C76H140O6/c1-4-7-10-13-16-19-22-25-28-30-32-34-35-36-37-38-39-40-41-42-44-45-48-51-54-57-60-63-66-69-75(78)81-72-73(71-80-74(77)68-65-62-59-56-53-50-47-27-24-21-18-15-12-9-6-3)82-76(79)70-67-64-61-58-55-52-49-46-43-33-31-29-26-23-20-17-14-11-8-5-2/h18,21-22,25,27,30,32,47,73H,4-17,19-20,23-24,26,28-29,31,33-46,48-72H2,1-3H3/b21-18-,25-22-,32-30-,47-27-. The molecule has 0 aliphatic carbocycles. The lowest BCUT2D eigenvalue weighted by Gasteiger charge is -2.18. The van der Waals surface area contributed by atoms with Gasteiger partial charge in [-0.1, -0.05) is 345 Å². The van der Waals surface area contributed by atoms with E-state index in [-0.39, 0.29) is 31.1 Å². The van der Waals surface area contributed by atoms with Gasteiger partial charge in [0.15, 0.2) is 6.10 Å². The highest BCUT2D eigenvalue weighted by Crippen LogP contribution is 2.19. The van der Waals surface area contributed by atoms with Crippen LogP contribution in [0.15, 0.2) is 48.6 Å². The average Bonchev–Trinajstić information content (AvgIpc) is 3.47. The lowest BCUT2D eigenvalue weighted by Crippen LogP contribution is -2.30. The van der Waals surface area contributed by atoms with Crippen molar-refractivity contribution in [2.24, 2.45) is 0 Å². The molecule has 0 N–H and O–H groups in total. The van der Waals surface area contributed by atoms with Gasteiger partial charge in [-0.05, 0) is 83.5 Å². The van der Waals surface area contributed by atoms with Crippen LogP contribution in [0.25, 0.3) is 0 Å². The summed E-state index contributed by atoms with van der Waals surface area (Å²) in [6, 6.07) is 0. The first-order valence-electron chi connectivity index (χ1n) is 36.6. The SMILES string of the molecule is CCCCC/C=C\C/C=C\CCCCCCCC(=O)OCC(COC(=O)CCCCCCCCCCCCCCCCCCC/C=C\C/C=C\CCCCCCC)OC(=O)CCCCCCCCCCCCCCCCCCCCCC. The van der Waals surface area contributed by atoms with Crippen molar-refractivity contribution in [2.45, 2.75) is 406 Å². The Labute approximate surface area is 511 Å². The van der Waals surface area contributed by atoms with Crippen LogP contribution in [0.5, 0.6) is 0 Å². The van der Waals surface area contributed by atoms with Gasteiger partial charge in [0, 0.05) is 19.3 Å². The van der Waals surface area contributed by atoms with E-state index in [2.05, 4.69) is 69.4 Å². The highest BCUT2D eigenvalue weighted by molar-refractivity contribution is 5.71. The second-order valence-corrected chi connectivity index (χ2v) is 24.9. The number of hydrogen-bond acceptors (Lipinski definition) is 6. The number of unbranched alkanes of at least 4 members (excludes halogenated alkanes) is 49.